The molecule has 5 nitrogen and oxygen atoms in total. The first-order valence-corrected chi connectivity index (χ1v) is 6.51. The lowest BCUT2D eigenvalue weighted by Gasteiger charge is -2.09. The second kappa shape index (κ2) is 6.28. The lowest BCUT2D eigenvalue weighted by molar-refractivity contribution is -0.114. The van der Waals surface area contributed by atoms with Gasteiger partial charge in [0.15, 0.2) is 0 Å². The Morgan fingerprint density at radius 2 is 1.86 bits per heavy atom. The molecule has 21 heavy (non-hydrogen) atoms. The summed E-state index contributed by atoms with van der Waals surface area (Å²) >= 11 is 5.82. The Morgan fingerprint density at radius 3 is 2.57 bits per heavy atom. The highest BCUT2D eigenvalue weighted by Gasteiger charge is 2.10. The van der Waals surface area contributed by atoms with E-state index in [1.165, 1.54) is 25.1 Å². The number of amides is 2. The third kappa shape index (κ3) is 3.97. The molecule has 0 saturated carbocycles. The lowest BCUT2D eigenvalue weighted by atomic mass is 10.1. The monoisotopic (exact) mass is 304 g/mol. The molecule has 2 aromatic rings. The number of carbonyl (C=O) groups excluding carboxylic acids is 2. The fourth-order valence-electron chi connectivity index (χ4n) is 1.74. The Bertz CT molecular complexity index is 701. The number of hydrogen-bond acceptors (Lipinski definition) is 3. The Kier molecular flexibility index (Phi) is 4.45. The van der Waals surface area contributed by atoms with E-state index in [9.17, 15) is 14.7 Å². The van der Waals surface area contributed by atoms with Crippen LogP contribution in [0.4, 0.5) is 11.4 Å². The fraction of sp³-hybridized carbons (Fsp3) is 0.0667. The molecule has 0 heterocycles. The van der Waals surface area contributed by atoms with Crippen LogP contribution in [0.25, 0.3) is 0 Å². The first-order valence-electron chi connectivity index (χ1n) is 6.13. The summed E-state index contributed by atoms with van der Waals surface area (Å²) in [7, 11) is 0. The molecule has 3 N–H and O–H groups in total. The van der Waals surface area contributed by atoms with Gasteiger partial charge in [-0.15, -0.1) is 0 Å². The SMILES string of the molecule is CC(=O)Nc1cccc(C(=O)Nc2cc(Cl)ccc2O)c1. The van der Waals surface area contributed by atoms with Gasteiger partial charge in [-0.25, -0.2) is 0 Å². The second-order valence-corrected chi connectivity index (χ2v) is 4.81. The molecule has 0 atom stereocenters. The molecule has 0 unspecified atom stereocenters. The highest BCUT2D eigenvalue weighted by Crippen LogP contribution is 2.27. The normalized spacial score (nSPS) is 10.0. The molecule has 108 valence electrons. The van der Waals surface area contributed by atoms with Crippen molar-refractivity contribution in [3.63, 3.8) is 0 Å². The van der Waals surface area contributed by atoms with Gasteiger partial charge < -0.3 is 15.7 Å². The fourth-order valence-corrected chi connectivity index (χ4v) is 1.92. The Labute approximate surface area is 126 Å². The number of phenols is 1. The van der Waals surface area contributed by atoms with E-state index in [-0.39, 0.29) is 17.3 Å². The summed E-state index contributed by atoms with van der Waals surface area (Å²) in [6.07, 6.45) is 0. The number of benzene rings is 2. The van der Waals surface area contributed by atoms with Gasteiger partial charge >= 0.3 is 0 Å². The molecule has 2 aromatic carbocycles. The number of aromatic hydroxyl groups is 1. The minimum atomic E-state index is -0.417. The third-order valence-electron chi connectivity index (χ3n) is 2.65. The molecular formula is C15H13ClN2O3. The molecule has 0 aliphatic heterocycles. The van der Waals surface area contributed by atoms with Crippen LogP contribution in [0.2, 0.25) is 5.02 Å². The van der Waals surface area contributed by atoms with Crippen LogP contribution in [0, 0.1) is 0 Å². The van der Waals surface area contributed by atoms with Crippen molar-refractivity contribution in [1.82, 2.24) is 0 Å². The van der Waals surface area contributed by atoms with E-state index in [2.05, 4.69) is 10.6 Å². The van der Waals surface area contributed by atoms with Crippen LogP contribution in [0.1, 0.15) is 17.3 Å². The number of hydrogen-bond donors (Lipinski definition) is 3. The van der Waals surface area contributed by atoms with Crippen LogP contribution in [0.3, 0.4) is 0 Å². The zero-order valence-electron chi connectivity index (χ0n) is 11.2. The molecule has 0 aliphatic rings. The molecule has 2 rings (SSSR count). The van der Waals surface area contributed by atoms with Gasteiger partial charge in [0, 0.05) is 23.2 Å². The summed E-state index contributed by atoms with van der Waals surface area (Å²) in [6, 6.07) is 10.8. The summed E-state index contributed by atoms with van der Waals surface area (Å²) in [5.41, 5.74) is 1.09. The van der Waals surface area contributed by atoms with Crippen LogP contribution in [-0.4, -0.2) is 16.9 Å². The van der Waals surface area contributed by atoms with E-state index >= 15 is 0 Å². The molecule has 0 fully saturated rings. The van der Waals surface area contributed by atoms with Crippen LogP contribution >= 0.6 is 11.6 Å². The maximum absolute atomic E-state index is 12.1. The summed E-state index contributed by atoms with van der Waals surface area (Å²) < 4.78 is 0. The zero-order chi connectivity index (χ0) is 15.4. The Hall–Kier alpha value is -2.53. The highest BCUT2D eigenvalue weighted by molar-refractivity contribution is 6.31. The van der Waals surface area contributed by atoms with E-state index < -0.39 is 5.91 Å². The lowest BCUT2D eigenvalue weighted by Crippen LogP contribution is -2.13. The summed E-state index contributed by atoms with van der Waals surface area (Å²) in [4.78, 5) is 23.1. The minimum Gasteiger partial charge on any atom is -0.506 e. The maximum atomic E-state index is 12.1. The zero-order valence-corrected chi connectivity index (χ0v) is 11.9. The number of nitrogens with one attached hydrogen (secondary N) is 2. The predicted octanol–water partition coefficient (Wildman–Crippen LogP) is 3.26. The topological polar surface area (TPSA) is 78.4 Å². The van der Waals surface area contributed by atoms with Gasteiger partial charge in [-0.1, -0.05) is 17.7 Å². The van der Waals surface area contributed by atoms with Crippen LogP contribution in [0.5, 0.6) is 5.75 Å². The molecule has 0 spiro atoms. The van der Waals surface area contributed by atoms with Gasteiger partial charge in [0.05, 0.1) is 5.69 Å². The molecule has 0 saturated heterocycles. The van der Waals surface area contributed by atoms with Crippen LogP contribution in [-0.2, 0) is 4.79 Å². The molecule has 6 heteroatoms. The van der Waals surface area contributed by atoms with Crippen molar-refractivity contribution in [1.29, 1.82) is 0 Å². The van der Waals surface area contributed by atoms with E-state index in [1.54, 1.807) is 24.3 Å². The minimum absolute atomic E-state index is 0.0780. The molecule has 0 radical (unpaired) electrons. The van der Waals surface area contributed by atoms with Crippen LogP contribution < -0.4 is 10.6 Å². The predicted molar refractivity (Wildman–Crippen MR) is 81.8 cm³/mol. The van der Waals surface area contributed by atoms with Gasteiger partial charge in [-0.05, 0) is 36.4 Å². The number of anilines is 2. The van der Waals surface area contributed by atoms with E-state index in [0.29, 0.717) is 16.3 Å². The van der Waals surface area contributed by atoms with Crippen molar-refractivity contribution in [2.75, 3.05) is 10.6 Å². The summed E-state index contributed by atoms with van der Waals surface area (Å²) in [5, 5.41) is 15.2. The van der Waals surface area contributed by atoms with Crippen molar-refractivity contribution in [3.05, 3.63) is 53.1 Å². The number of carbonyl (C=O) groups is 2. The van der Waals surface area contributed by atoms with Crippen molar-refractivity contribution in [2.45, 2.75) is 6.92 Å². The van der Waals surface area contributed by atoms with Gasteiger partial charge in [-0.2, -0.15) is 0 Å². The highest BCUT2D eigenvalue weighted by atomic mass is 35.5. The molecule has 0 aliphatic carbocycles. The van der Waals surface area contributed by atoms with Gasteiger partial charge in [0.1, 0.15) is 5.75 Å². The van der Waals surface area contributed by atoms with E-state index in [4.69, 9.17) is 11.6 Å². The maximum Gasteiger partial charge on any atom is 0.255 e. The van der Waals surface area contributed by atoms with Crippen molar-refractivity contribution < 1.29 is 14.7 Å². The number of rotatable bonds is 3. The quantitative estimate of drug-likeness (QED) is 0.762. The van der Waals surface area contributed by atoms with Crippen molar-refractivity contribution in [2.24, 2.45) is 0 Å². The molecule has 0 aromatic heterocycles. The van der Waals surface area contributed by atoms with Crippen LogP contribution in [0.15, 0.2) is 42.5 Å². The average molecular weight is 305 g/mol. The first kappa shape index (κ1) is 14.9. The first-order chi connectivity index (χ1) is 9.95. The average Bonchev–Trinajstić information content (AvgIpc) is 2.42. The standard InChI is InChI=1S/C15H13ClN2O3/c1-9(19)17-12-4-2-3-10(7-12)15(21)18-13-8-11(16)5-6-14(13)20/h2-8,20H,1H3,(H,17,19)(H,18,21). The summed E-state index contributed by atoms with van der Waals surface area (Å²) in [5.74, 6) is -0.717. The molecule has 2 amide bonds. The number of phenolic OH excluding ortho intramolecular Hbond substituents is 1. The van der Waals surface area contributed by atoms with Gasteiger partial charge in [-0.3, -0.25) is 9.59 Å². The Morgan fingerprint density at radius 1 is 1.10 bits per heavy atom. The number of halogens is 1. The Balaban J connectivity index is 2.20. The summed E-state index contributed by atoms with van der Waals surface area (Å²) in [6.45, 7) is 1.39. The van der Waals surface area contributed by atoms with Gasteiger partial charge in [0.2, 0.25) is 5.91 Å². The smallest absolute Gasteiger partial charge is 0.255 e. The van der Waals surface area contributed by atoms with Gasteiger partial charge in [0.25, 0.3) is 5.91 Å². The molecule has 0 bridgehead atoms. The van der Waals surface area contributed by atoms with Crippen molar-refractivity contribution in [3.8, 4) is 5.75 Å². The molecular weight excluding hydrogens is 292 g/mol. The van der Waals surface area contributed by atoms with Crippen molar-refractivity contribution >= 4 is 34.8 Å². The second-order valence-electron chi connectivity index (χ2n) is 4.38. The largest absolute Gasteiger partial charge is 0.506 e. The van der Waals surface area contributed by atoms with E-state index in [0.717, 1.165) is 0 Å². The third-order valence-corrected chi connectivity index (χ3v) is 2.89. The van der Waals surface area contributed by atoms with E-state index in [1.807, 2.05) is 0 Å².